The zero-order valence-electron chi connectivity index (χ0n) is 13.9. The third-order valence-corrected chi connectivity index (χ3v) is 4.30. The molecule has 4 rings (SSSR count). The highest BCUT2D eigenvalue weighted by Gasteiger charge is 2.14. The van der Waals surface area contributed by atoms with E-state index >= 15 is 0 Å². The zero-order valence-corrected chi connectivity index (χ0v) is 13.9. The quantitative estimate of drug-likeness (QED) is 0.724. The van der Waals surface area contributed by atoms with Gasteiger partial charge in [-0.25, -0.2) is 9.78 Å². The first-order valence-electron chi connectivity index (χ1n) is 8.22. The Hall–Kier alpha value is -3.14. The van der Waals surface area contributed by atoms with Gasteiger partial charge >= 0.3 is 5.63 Å². The Balaban J connectivity index is 2.09. The summed E-state index contributed by atoms with van der Waals surface area (Å²) >= 11 is 0. The van der Waals surface area contributed by atoms with Crippen LogP contribution in [0.2, 0.25) is 0 Å². The number of hydrogen-bond donors (Lipinski definition) is 0. The van der Waals surface area contributed by atoms with Crippen molar-refractivity contribution in [3.63, 3.8) is 0 Å². The Bertz CT molecular complexity index is 1160. The minimum absolute atomic E-state index is 0.324. The Labute approximate surface area is 144 Å². The highest BCUT2D eigenvalue weighted by molar-refractivity contribution is 5.85. The molecular formula is C21H17NO3. The summed E-state index contributed by atoms with van der Waals surface area (Å²) in [6, 6.07) is 13.4. The number of benzene rings is 2. The van der Waals surface area contributed by atoms with Gasteiger partial charge in [0.1, 0.15) is 11.1 Å². The number of ether oxygens (including phenoxy) is 1. The molecule has 4 heteroatoms. The molecule has 25 heavy (non-hydrogen) atoms. The lowest BCUT2D eigenvalue weighted by Crippen LogP contribution is -2.27. The van der Waals surface area contributed by atoms with Crippen molar-refractivity contribution in [2.75, 3.05) is 7.11 Å². The molecule has 0 saturated carbocycles. The number of nitrogens with zero attached hydrogens (tertiary/aromatic N) is 1. The molecule has 4 nitrogen and oxygen atoms in total. The van der Waals surface area contributed by atoms with Crippen LogP contribution in [0.25, 0.3) is 22.6 Å². The molecule has 0 spiro atoms. The largest absolute Gasteiger partial charge is 0.496 e. The number of fused-ring (bicyclic) bond motifs is 2. The summed E-state index contributed by atoms with van der Waals surface area (Å²) in [7, 11) is 1.53. The van der Waals surface area contributed by atoms with Crippen molar-refractivity contribution >= 4 is 22.6 Å². The minimum Gasteiger partial charge on any atom is -0.496 e. The highest BCUT2D eigenvalue weighted by Crippen LogP contribution is 2.22. The fourth-order valence-corrected chi connectivity index (χ4v) is 3.11. The molecule has 124 valence electrons. The lowest BCUT2D eigenvalue weighted by Gasteiger charge is -2.07. The summed E-state index contributed by atoms with van der Waals surface area (Å²) < 4.78 is 10.8. The van der Waals surface area contributed by atoms with Gasteiger partial charge in [-0.05, 0) is 35.4 Å². The summed E-state index contributed by atoms with van der Waals surface area (Å²) in [5.74, 6) is 0.794. The topological polar surface area (TPSA) is 52.3 Å². The number of allylic oxidation sites excluding steroid dienone is 2. The minimum atomic E-state index is -0.443. The summed E-state index contributed by atoms with van der Waals surface area (Å²) in [4.78, 5) is 17.1. The van der Waals surface area contributed by atoms with E-state index in [1.165, 1.54) is 7.11 Å². The van der Waals surface area contributed by atoms with Crippen molar-refractivity contribution in [1.29, 1.82) is 0 Å². The SMILES string of the molecule is COc1cccc2nc(C3=c4\cccc\c4=C\CC/C=C\3)oc(=O)c12. The molecule has 0 saturated heterocycles. The molecule has 3 aromatic rings. The van der Waals surface area contributed by atoms with Gasteiger partial charge in [-0.2, -0.15) is 0 Å². The first kappa shape index (κ1) is 15.4. The van der Waals surface area contributed by atoms with E-state index in [1.807, 2.05) is 30.3 Å². The summed E-state index contributed by atoms with van der Waals surface area (Å²) in [5, 5.41) is 2.50. The molecule has 1 aromatic heterocycles. The third kappa shape index (κ3) is 2.76. The van der Waals surface area contributed by atoms with Crippen molar-refractivity contribution in [3.8, 4) is 5.75 Å². The third-order valence-electron chi connectivity index (χ3n) is 4.30. The predicted octanol–water partition coefficient (Wildman–Crippen LogP) is 2.53. The van der Waals surface area contributed by atoms with E-state index < -0.39 is 5.63 Å². The van der Waals surface area contributed by atoms with Crippen molar-refractivity contribution in [2.45, 2.75) is 12.8 Å². The lowest BCUT2D eigenvalue weighted by molar-refractivity contribution is 0.415. The first-order chi connectivity index (χ1) is 12.3. The van der Waals surface area contributed by atoms with Crippen LogP contribution in [0.15, 0.2) is 63.8 Å². The standard InChI is InChI=1S/C21H17NO3/c1-24-18-13-7-12-17-19(18)21(23)25-20(22-17)16-11-4-2-3-8-14-9-5-6-10-15(14)16/h4-13H,2-3H2,1H3/b11-4-,14-8-,16-15+. The van der Waals surface area contributed by atoms with Gasteiger partial charge in [0.25, 0.3) is 0 Å². The van der Waals surface area contributed by atoms with Gasteiger partial charge in [-0.1, -0.05) is 48.6 Å². The second-order valence-corrected chi connectivity index (χ2v) is 5.85. The van der Waals surface area contributed by atoms with Crippen molar-refractivity contribution < 1.29 is 9.15 Å². The normalized spacial score (nSPS) is 18.5. The van der Waals surface area contributed by atoms with Crippen molar-refractivity contribution in [2.24, 2.45) is 0 Å². The van der Waals surface area contributed by atoms with Gasteiger partial charge in [0.2, 0.25) is 5.89 Å². The van der Waals surface area contributed by atoms with E-state index in [2.05, 4.69) is 23.2 Å². The molecule has 0 bridgehead atoms. The lowest BCUT2D eigenvalue weighted by atomic mass is 10.0. The van der Waals surface area contributed by atoms with Crippen LogP contribution in [0.4, 0.5) is 0 Å². The Morgan fingerprint density at radius 2 is 1.96 bits per heavy atom. The van der Waals surface area contributed by atoms with Crippen LogP contribution in [-0.4, -0.2) is 12.1 Å². The van der Waals surface area contributed by atoms with Crippen molar-refractivity contribution in [1.82, 2.24) is 4.98 Å². The van der Waals surface area contributed by atoms with Crippen LogP contribution in [-0.2, 0) is 0 Å². The molecule has 0 radical (unpaired) electrons. The van der Waals surface area contributed by atoms with E-state index in [4.69, 9.17) is 9.15 Å². The van der Waals surface area contributed by atoms with Crippen LogP contribution >= 0.6 is 0 Å². The molecule has 0 amide bonds. The van der Waals surface area contributed by atoms with E-state index in [9.17, 15) is 4.79 Å². The maximum atomic E-state index is 12.6. The predicted molar refractivity (Wildman–Crippen MR) is 97.9 cm³/mol. The van der Waals surface area contributed by atoms with Crippen molar-refractivity contribution in [3.05, 3.63) is 81.4 Å². The van der Waals surface area contributed by atoms with Crippen LogP contribution in [0, 0.1) is 0 Å². The smallest absolute Gasteiger partial charge is 0.350 e. The highest BCUT2D eigenvalue weighted by atomic mass is 16.5. The summed E-state index contributed by atoms with van der Waals surface area (Å²) in [6.45, 7) is 0. The molecule has 1 aliphatic carbocycles. The van der Waals surface area contributed by atoms with Gasteiger partial charge in [-0.3, -0.25) is 0 Å². The maximum Gasteiger partial charge on any atom is 0.350 e. The molecule has 0 fully saturated rings. The number of aromatic nitrogens is 1. The van der Waals surface area contributed by atoms with E-state index in [0.717, 1.165) is 28.9 Å². The van der Waals surface area contributed by atoms with Crippen LogP contribution in [0.5, 0.6) is 5.75 Å². The average molecular weight is 331 g/mol. The van der Waals surface area contributed by atoms with Gasteiger partial charge in [0.15, 0.2) is 0 Å². The average Bonchev–Trinajstić information content (AvgIpc) is 2.62. The van der Waals surface area contributed by atoms with Gasteiger partial charge in [-0.15, -0.1) is 0 Å². The second-order valence-electron chi connectivity index (χ2n) is 5.85. The monoisotopic (exact) mass is 331 g/mol. The fourth-order valence-electron chi connectivity index (χ4n) is 3.11. The zero-order chi connectivity index (χ0) is 17.2. The Morgan fingerprint density at radius 3 is 2.84 bits per heavy atom. The fraction of sp³-hybridized carbons (Fsp3) is 0.143. The van der Waals surface area contributed by atoms with Gasteiger partial charge < -0.3 is 9.15 Å². The molecule has 0 aliphatic heterocycles. The maximum absolute atomic E-state index is 12.6. The van der Waals surface area contributed by atoms with Crippen LogP contribution in [0.3, 0.4) is 0 Å². The number of methoxy groups -OCH3 is 1. The molecule has 0 N–H and O–H groups in total. The van der Waals surface area contributed by atoms with Gasteiger partial charge in [0, 0.05) is 5.57 Å². The number of rotatable bonds is 2. The van der Waals surface area contributed by atoms with E-state index in [1.54, 1.807) is 12.1 Å². The summed E-state index contributed by atoms with van der Waals surface area (Å²) in [5.41, 5.74) is 0.935. The van der Waals surface area contributed by atoms with Crippen LogP contribution in [0.1, 0.15) is 18.7 Å². The second kappa shape index (κ2) is 6.40. The molecule has 2 aromatic carbocycles. The molecule has 0 unspecified atom stereocenters. The van der Waals surface area contributed by atoms with E-state index in [-0.39, 0.29) is 0 Å². The first-order valence-corrected chi connectivity index (χ1v) is 8.22. The Morgan fingerprint density at radius 1 is 1.08 bits per heavy atom. The molecule has 1 aliphatic rings. The number of hydrogen-bond acceptors (Lipinski definition) is 4. The van der Waals surface area contributed by atoms with Crippen LogP contribution < -0.4 is 20.8 Å². The molecular weight excluding hydrogens is 314 g/mol. The Kier molecular flexibility index (Phi) is 3.94. The van der Waals surface area contributed by atoms with Gasteiger partial charge in [0.05, 0.1) is 12.6 Å². The summed E-state index contributed by atoms with van der Waals surface area (Å²) in [6.07, 6.45) is 8.18. The molecule has 1 heterocycles. The van der Waals surface area contributed by atoms with E-state index in [0.29, 0.717) is 22.5 Å². The molecule has 0 atom stereocenters.